The molecule has 3 N–H and O–H groups in total. The molecule has 3 aliphatic carbocycles. The molecule has 3 heteroatoms. The zero-order chi connectivity index (χ0) is 22.1. The van der Waals surface area contributed by atoms with Gasteiger partial charge < -0.3 is 15.3 Å². The summed E-state index contributed by atoms with van der Waals surface area (Å²) in [4.78, 5) is 0. The summed E-state index contributed by atoms with van der Waals surface area (Å²) in [5.74, 6) is 1.72. The number of aliphatic hydroxyl groups is 3. The molecule has 30 heavy (non-hydrogen) atoms. The predicted octanol–water partition coefficient (Wildman–Crippen LogP) is 5.70. The van der Waals surface area contributed by atoms with Crippen molar-refractivity contribution in [2.24, 2.45) is 23.2 Å². The highest BCUT2D eigenvalue weighted by Gasteiger charge is 2.50. The zero-order valence-electron chi connectivity index (χ0n) is 19.7. The van der Waals surface area contributed by atoms with E-state index in [0.29, 0.717) is 29.6 Å². The quantitative estimate of drug-likeness (QED) is 0.520. The third-order valence-corrected chi connectivity index (χ3v) is 8.29. The fourth-order valence-corrected chi connectivity index (χ4v) is 6.86. The van der Waals surface area contributed by atoms with Gasteiger partial charge in [0.05, 0.1) is 17.8 Å². The molecule has 0 aliphatic heterocycles. The van der Waals surface area contributed by atoms with Crippen LogP contribution in [-0.4, -0.2) is 33.1 Å². The number of aliphatic hydroxyl groups excluding tert-OH is 2. The van der Waals surface area contributed by atoms with Crippen molar-refractivity contribution < 1.29 is 15.3 Å². The number of hydrogen-bond donors (Lipinski definition) is 3. The number of fused-ring (bicyclic) bond motifs is 1. The predicted molar refractivity (Wildman–Crippen MR) is 124 cm³/mol. The van der Waals surface area contributed by atoms with E-state index >= 15 is 0 Å². The zero-order valence-corrected chi connectivity index (χ0v) is 19.7. The maximum Gasteiger partial charge on any atom is 0.0616 e. The Bertz CT molecular complexity index is 683. The molecular formula is C27H44O3. The van der Waals surface area contributed by atoms with Gasteiger partial charge in [-0.05, 0) is 100 Å². The first kappa shape index (κ1) is 23.8. The van der Waals surface area contributed by atoms with E-state index < -0.39 is 11.7 Å². The fraction of sp³-hybridized carbons (Fsp3) is 0.778. The van der Waals surface area contributed by atoms with Gasteiger partial charge >= 0.3 is 0 Å². The first-order valence-electron chi connectivity index (χ1n) is 12.2. The Labute approximate surface area is 184 Å². The van der Waals surface area contributed by atoms with Gasteiger partial charge in [-0.2, -0.15) is 0 Å². The van der Waals surface area contributed by atoms with Crippen LogP contribution in [0.1, 0.15) is 91.9 Å². The summed E-state index contributed by atoms with van der Waals surface area (Å²) in [5, 5.41) is 30.6. The molecule has 0 bridgehead atoms. The van der Waals surface area contributed by atoms with Crippen LogP contribution >= 0.6 is 0 Å². The van der Waals surface area contributed by atoms with E-state index in [1.54, 1.807) is 19.4 Å². The Balaban J connectivity index is 1.71. The Morgan fingerprint density at radius 1 is 1.20 bits per heavy atom. The molecule has 0 unspecified atom stereocenters. The van der Waals surface area contributed by atoms with Crippen LogP contribution in [0.2, 0.25) is 0 Å². The molecule has 0 aromatic carbocycles. The van der Waals surface area contributed by atoms with E-state index in [0.717, 1.165) is 25.7 Å². The van der Waals surface area contributed by atoms with Crippen molar-refractivity contribution in [2.45, 2.75) is 110 Å². The molecule has 0 amide bonds. The van der Waals surface area contributed by atoms with Crippen LogP contribution in [0.15, 0.2) is 35.5 Å². The average molecular weight is 417 g/mol. The fourth-order valence-electron chi connectivity index (χ4n) is 6.86. The van der Waals surface area contributed by atoms with Crippen LogP contribution in [0.4, 0.5) is 0 Å². The van der Waals surface area contributed by atoms with Crippen molar-refractivity contribution in [1.29, 1.82) is 0 Å². The second kappa shape index (κ2) is 9.30. The van der Waals surface area contributed by atoms with Gasteiger partial charge in [0.15, 0.2) is 0 Å². The van der Waals surface area contributed by atoms with Gasteiger partial charge in [0.1, 0.15) is 0 Å². The van der Waals surface area contributed by atoms with E-state index in [9.17, 15) is 15.3 Å². The summed E-state index contributed by atoms with van der Waals surface area (Å²) < 4.78 is 0. The van der Waals surface area contributed by atoms with Crippen molar-refractivity contribution in [2.75, 3.05) is 0 Å². The van der Waals surface area contributed by atoms with Gasteiger partial charge in [-0.15, -0.1) is 0 Å². The normalized spacial score (nSPS) is 37.4. The molecule has 0 heterocycles. The Kier molecular flexibility index (Phi) is 7.37. The number of rotatable bonds is 6. The lowest BCUT2D eigenvalue weighted by atomic mass is 9.60. The molecule has 170 valence electrons. The van der Waals surface area contributed by atoms with Crippen LogP contribution in [0.5, 0.6) is 0 Å². The van der Waals surface area contributed by atoms with Gasteiger partial charge in [-0.3, -0.25) is 0 Å². The highest BCUT2D eigenvalue weighted by Crippen LogP contribution is 2.60. The molecule has 3 nitrogen and oxygen atoms in total. The average Bonchev–Trinajstić information content (AvgIpc) is 2.98. The molecule has 3 fully saturated rings. The Morgan fingerprint density at radius 2 is 1.93 bits per heavy atom. The number of hydrogen-bond acceptors (Lipinski definition) is 3. The molecule has 0 saturated heterocycles. The lowest BCUT2D eigenvalue weighted by molar-refractivity contribution is 0.000134. The standard InChI is InChI=1S/C27H44O3/c1-18-8-11-22(28)16-21(18)10-9-20-7-6-14-27(5)24(12-13-25(20)27)19(2)15-23(29)17-26(3,4)30/h9-10,19,22-25,28-30H,1,6-8,11-17H2,2-5H3/b20-9+,21-10+/t19-,22+,23+,24-,25+,27-/m1/s1. The first-order chi connectivity index (χ1) is 14.0. The second-order valence-electron chi connectivity index (χ2n) is 11.4. The second-order valence-corrected chi connectivity index (χ2v) is 11.4. The molecule has 3 saturated carbocycles. The van der Waals surface area contributed by atoms with Gasteiger partial charge in [-0.25, -0.2) is 0 Å². The van der Waals surface area contributed by atoms with Crippen molar-refractivity contribution in [1.82, 2.24) is 0 Å². The van der Waals surface area contributed by atoms with Crippen molar-refractivity contribution in [3.63, 3.8) is 0 Å². The Hall–Kier alpha value is -0.900. The van der Waals surface area contributed by atoms with Gasteiger partial charge in [0.25, 0.3) is 0 Å². The molecule has 3 aliphatic rings. The molecule has 0 aromatic heterocycles. The van der Waals surface area contributed by atoms with Crippen LogP contribution in [-0.2, 0) is 0 Å². The molecule has 3 rings (SSSR count). The summed E-state index contributed by atoms with van der Waals surface area (Å²) in [7, 11) is 0. The van der Waals surface area contributed by atoms with Crippen LogP contribution < -0.4 is 0 Å². The third kappa shape index (κ3) is 5.47. The summed E-state index contributed by atoms with van der Waals surface area (Å²) >= 11 is 0. The van der Waals surface area contributed by atoms with Crippen LogP contribution in [0.3, 0.4) is 0 Å². The monoisotopic (exact) mass is 416 g/mol. The maximum absolute atomic E-state index is 10.5. The minimum atomic E-state index is -0.813. The molecule has 0 aromatic rings. The Morgan fingerprint density at radius 3 is 2.63 bits per heavy atom. The largest absolute Gasteiger partial charge is 0.393 e. The topological polar surface area (TPSA) is 60.7 Å². The van der Waals surface area contributed by atoms with Crippen molar-refractivity contribution in [3.8, 4) is 0 Å². The highest BCUT2D eigenvalue weighted by atomic mass is 16.3. The van der Waals surface area contributed by atoms with E-state index in [-0.39, 0.29) is 6.10 Å². The highest BCUT2D eigenvalue weighted by molar-refractivity contribution is 5.36. The lowest BCUT2D eigenvalue weighted by Gasteiger charge is -2.44. The summed E-state index contributed by atoms with van der Waals surface area (Å²) in [6.45, 7) is 12.6. The number of allylic oxidation sites excluding steroid dienone is 4. The SMILES string of the molecule is C=C1CC[C@H](O)C/C1=C\C=C1/CCC[C@]2(C)[C@@H]([C@H](C)C[C@H](O)CC(C)(C)O)CC[C@@H]12. The van der Waals surface area contributed by atoms with Gasteiger partial charge in [0, 0.05) is 6.42 Å². The summed E-state index contributed by atoms with van der Waals surface area (Å²) in [6.07, 6.45) is 13.8. The van der Waals surface area contributed by atoms with Gasteiger partial charge in [-0.1, -0.05) is 43.7 Å². The molecular weight excluding hydrogens is 372 g/mol. The lowest BCUT2D eigenvalue weighted by Crippen LogP contribution is -2.37. The van der Waals surface area contributed by atoms with Gasteiger partial charge in [0.2, 0.25) is 0 Å². The van der Waals surface area contributed by atoms with E-state index in [1.807, 2.05) is 0 Å². The minimum Gasteiger partial charge on any atom is -0.393 e. The third-order valence-electron chi connectivity index (χ3n) is 8.29. The van der Waals surface area contributed by atoms with E-state index in [4.69, 9.17) is 0 Å². The molecule has 0 radical (unpaired) electrons. The van der Waals surface area contributed by atoms with Crippen LogP contribution in [0.25, 0.3) is 0 Å². The van der Waals surface area contributed by atoms with Crippen molar-refractivity contribution in [3.05, 3.63) is 35.5 Å². The van der Waals surface area contributed by atoms with Crippen molar-refractivity contribution >= 4 is 0 Å². The summed E-state index contributed by atoms with van der Waals surface area (Å²) in [6, 6.07) is 0. The maximum atomic E-state index is 10.5. The molecule has 0 spiro atoms. The van der Waals surface area contributed by atoms with Crippen LogP contribution in [0, 0.1) is 23.2 Å². The minimum absolute atomic E-state index is 0.219. The van der Waals surface area contributed by atoms with E-state index in [1.165, 1.54) is 43.3 Å². The molecule has 6 atom stereocenters. The summed E-state index contributed by atoms with van der Waals surface area (Å²) in [5.41, 5.74) is 3.49. The smallest absolute Gasteiger partial charge is 0.0616 e. The van der Waals surface area contributed by atoms with E-state index in [2.05, 4.69) is 32.6 Å². The first-order valence-corrected chi connectivity index (χ1v) is 12.2.